The van der Waals surface area contributed by atoms with Crippen molar-refractivity contribution in [3.63, 3.8) is 0 Å². The lowest BCUT2D eigenvalue weighted by atomic mass is 9.86. The van der Waals surface area contributed by atoms with Gasteiger partial charge in [0, 0.05) is 26.1 Å². The molecular weight excluding hydrogens is 256 g/mol. The average molecular weight is 282 g/mol. The number of hydrogen-bond acceptors (Lipinski definition) is 4. The minimum absolute atomic E-state index is 0.122. The lowest BCUT2D eigenvalue weighted by Gasteiger charge is -2.35. The van der Waals surface area contributed by atoms with E-state index in [1.807, 2.05) is 0 Å². The topological polar surface area (TPSA) is 58.6 Å². The number of carbonyl (C=O) groups excluding carboxylic acids is 2. The SMILES string of the molecule is CCOC(=O)C1CNCCN1C(=O)CC1CCCCC1. The van der Waals surface area contributed by atoms with Crippen molar-refractivity contribution in [3.8, 4) is 0 Å². The summed E-state index contributed by atoms with van der Waals surface area (Å²) in [4.78, 5) is 26.2. The summed E-state index contributed by atoms with van der Waals surface area (Å²) < 4.78 is 5.08. The number of carbonyl (C=O) groups is 2. The fourth-order valence-electron chi connectivity index (χ4n) is 3.21. The lowest BCUT2D eigenvalue weighted by molar-refractivity contribution is -0.156. The molecule has 0 aromatic carbocycles. The first-order valence-corrected chi connectivity index (χ1v) is 7.89. The van der Waals surface area contributed by atoms with Crippen molar-refractivity contribution >= 4 is 11.9 Å². The molecule has 2 aliphatic rings. The maximum absolute atomic E-state index is 12.5. The van der Waals surface area contributed by atoms with Crippen LogP contribution in [0.15, 0.2) is 0 Å². The highest BCUT2D eigenvalue weighted by molar-refractivity contribution is 5.85. The Morgan fingerprint density at radius 3 is 2.70 bits per heavy atom. The molecule has 1 N–H and O–H groups in total. The molecule has 0 bridgehead atoms. The predicted molar refractivity (Wildman–Crippen MR) is 76.2 cm³/mol. The van der Waals surface area contributed by atoms with Crippen LogP contribution in [0.5, 0.6) is 0 Å². The van der Waals surface area contributed by atoms with Crippen molar-refractivity contribution < 1.29 is 14.3 Å². The van der Waals surface area contributed by atoms with Gasteiger partial charge in [0.05, 0.1) is 6.61 Å². The van der Waals surface area contributed by atoms with Crippen LogP contribution >= 0.6 is 0 Å². The van der Waals surface area contributed by atoms with Gasteiger partial charge in [0.2, 0.25) is 5.91 Å². The van der Waals surface area contributed by atoms with Crippen molar-refractivity contribution in [2.24, 2.45) is 5.92 Å². The van der Waals surface area contributed by atoms with Crippen LogP contribution in [0.25, 0.3) is 0 Å². The standard InChI is InChI=1S/C15H26N2O3/c1-2-20-15(19)13-11-16-8-9-17(13)14(18)10-12-6-4-3-5-7-12/h12-13,16H,2-11H2,1H3. The van der Waals surface area contributed by atoms with E-state index < -0.39 is 6.04 Å². The molecule has 1 heterocycles. The molecule has 0 spiro atoms. The van der Waals surface area contributed by atoms with E-state index in [9.17, 15) is 9.59 Å². The summed E-state index contributed by atoms with van der Waals surface area (Å²) in [6.07, 6.45) is 6.67. The van der Waals surface area contributed by atoms with E-state index in [-0.39, 0.29) is 11.9 Å². The number of rotatable bonds is 4. The number of nitrogens with zero attached hydrogens (tertiary/aromatic N) is 1. The van der Waals surface area contributed by atoms with Crippen molar-refractivity contribution in [2.45, 2.75) is 51.5 Å². The quantitative estimate of drug-likeness (QED) is 0.790. The summed E-state index contributed by atoms with van der Waals surface area (Å²) >= 11 is 0. The Labute approximate surface area is 121 Å². The highest BCUT2D eigenvalue weighted by Crippen LogP contribution is 2.27. The van der Waals surface area contributed by atoms with E-state index >= 15 is 0 Å². The Morgan fingerprint density at radius 1 is 1.25 bits per heavy atom. The highest BCUT2D eigenvalue weighted by atomic mass is 16.5. The normalized spacial score (nSPS) is 24.4. The number of amides is 1. The summed E-state index contributed by atoms with van der Waals surface area (Å²) in [5.41, 5.74) is 0. The van der Waals surface area contributed by atoms with Gasteiger partial charge in [0.25, 0.3) is 0 Å². The monoisotopic (exact) mass is 282 g/mol. The molecule has 0 aromatic heterocycles. The first-order chi connectivity index (χ1) is 9.72. The van der Waals surface area contributed by atoms with Gasteiger partial charge in [-0.05, 0) is 25.7 Å². The van der Waals surface area contributed by atoms with Gasteiger partial charge in [-0.25, -0.2) is 4.79 Å². The van der Waals surface area contributed by atoms with Crippen molar-refractivity contribution in [1.82, 2.24) is 10.2 Å². The maximum atomic E-state index is 12.5. The number of piperazine rings is 1. The summed E-state index contributed by atoms with van der Waals surface area (Å²) in [6.45, 7) is 4.03. The molecule has 0 aromatic rings. The molecule has 1 amide bonds. The van der Waals surface area contributed by atoms with E-state index in [4.69, 9.17) is 4.74 Å². The predicted octanol–water partition coefficient (Wildman–Crippen LogP) is 1.32. The molecule has 2 fully saturated rings. The maximum Gasteiger partial charge on any atom is 0.330 e. The first-order valence-electron chi connectivity index (χ1n) is 7.89. The number of nitrogens with one attached hydrogen (secondary N) is 1. The Morgan fingerprint density at radius 2 is 2.00 bits per heavy atom. The lowest BCUT2D eigenvalue weighted by Crippen LogP contribution is -2.57. The van der Waals surface area contributed by atoms with Crippen LogP contribution in [0.4, 0.5) is 0 Å². The van der Waals surface area contributed by atoms with Gasteiger partial charge in [0.1, 0.15) is 6.04 Å². The van der Waals surface area contributed by atoms with E-state index in [0.29, 0.717) is 32.0 Å². The van der Waals surface area contributed by atoms with Gasteiger partial charge in [-0.2, -0.15) is 0 Å². The summed E-state index contributed by atoms with van der Waals surface area (Å²) in [7, 11) is 0. The smallest absolute Gasteiger partial charge is 0.330 e. The van der Waals surface area contributed by atoms with E-state index in [2.05, 4.69) is 5.32 Å². The molecule has 2 rings (SSSR count). The first kappa shape index (κ1) is 15.3. The van der Waals surface area contributed by atoms with Gasteiger partial charge < -0.3 is 15.0 Å². The fourth-order valence-corrected chi connectivity index (χ4v) is 3.21. The molecule has 5 nitrogen and oxygen atoms in total. The van der Waals surface area contributed by atoms with Gasteiger partial charge in [-0.1, -0.05) is 19.3 Å². The van der Waals surface area contributed by atoms with E-state index in [1.54, 1.807) is 11.8 Å². The number of hydrogen-bond donors (Lipinski definition) is 1. The van der Waals surface area contributed by atoms with Crippen molar-refractivity contribution in [2.75, 3.05) is 26.2 Å². The molecule has 5 heteroatoms. The third kappa shape index (κ3) is 3.95. The van der Waals surface area contributed by atoms with Crippen LogP contribution in [0.3, 0.4) is 0 Å². The zero-order valence-electron chi connectivity index (χ0n) is 12.4. The summed E-state index contributed by atoms with van der Waals surface area (Å²) in [5.74, 6) is 0.349. The van der Waals surface area contributed by atoms with Crippen LogP contribution < -0.4 is 5.32 Å². The van der Waals surface area contributed by atoms with Crippen LogP contribution in [-0.4, -0.2) is 49.1 Å². The Hall–Kier alpha value is -1.10. The third-order valence-corrected chi connectivity index (χ3v) is 4.31. The zero-order chi connectivity index (χ0) is 14.4. The molecular formula is C15H26N2O3. The fraction of sp³-hybridized carbons (Fsp3) is 0.867. The van der Waals surface area contributed by atoms with Crippen LogP contribution in [0.2, 0.25) is 0 Å². The van der Waals surface area contributed by atoms with E-state index in [1.165, 1.54) is 19.3 Å². The molecule has 1 saturated carbocycles. The van der Waals surface area contributed by atoms with Crippen molar-refractivity contribution in [3.05, 3.63) is 0 Å². The largest absolute Gasteiger partial charge is 0.464 e. The highest BCUT2D eigenvalue weighted by Gasteiger charge is 2.33. The number of esters is 1. The zero-order valence-corrected chi connectivity index (χ0v) is 12.4. The van der Waals surface area contributed by atoms with E-state index in [0.717, 1.165) is 19.4 Å². The Balaban J connectivity index is 1.92. The van der Waals surface area contributed by atoms with Crippen LogP contribution in [-0.2, 0) is 14.3 Å². The van der Waals surface area contributed by atoms with Gasteiger partial charge in [-0.15, -0.1) is 0 Å². The summed E-state index contributed by atoms with van der Waals surface area (Å²) in [6, 6.07) is -0.445. The second kappa shape index (κ2) is 7.62. The minimum Gasteiger partial charge on any atom is -0.464 e. The molecule has 114 valence electrons. The Kier molecular flexibility index (Phi) is 5.83. The molecule has 20 heavy (non-hydrogen) atoms. The van der Waals surface area contributed by atoms with Crippen LogP contribution in [0, 0.1) is 5.92 Å². The number of ether oxygens (including phenoxy) is 1. The molecule has 1 saturated heterocycles. The van der Waals surface area contributed by atoms with Crippen LogP contribution in [0.1, 0.15) is 45.4 Å². The summed E-state index contributed by atoms with van der Waals surface area (Å²) in [5, 5.41) is 3.17. The molecule has 1 atom stereocenters. The second-order valence-electron chi connectivity index (χ2n) is 5.77. The Bertz CT molecular complexity index is 340. The van der Waals surface area contributed by atoms with Gasteiger partial charge in [-0.3, -0.25) is 4.79 Å². The van der Waals surface area contributed by atoms with Crippen molar-refractivity contribution in [1.29, 1.82) is 0 Å². The second-order valence-corrected chi connectivity index (χ2v) is 5.77. The average Bonchev–Trinajstić information content (AvgIpc) is 2.48. The molecule has 0 radical (unpaired) electrons. The van der Waals surface area contributed by atoms with Gasteiger partial charge in [0.15, 0.2) is 0 Å². The molecule has 1 aliphatic carbocycles. The molecule has 1 aliphatic heterocycles. The molecule has 1 unspecified atom stereocenters. The third-order valence-electron chi connectivity index (χ3n) is 4.31. The minimum atomic E-state index is -0.445. The van der Waals surface area contributed by atoms with Gasteiger partial charge >= 0.3 is 5.97 Å².